The van der Waals surface area contributed by atoms with Crippen molar-refractivity contribution >= 4 is 9.84 Å². The first-order chi connectivity index (χ1) is 4.12. The molecule has 0 spiro atoms. The molecule has 0 saturated heterocycles. The van der Waals surface area contributed by atoms with Gasteiger partial charge in [-0.2, -0.15) is 0 Å². The second kappa shape index (κ2) is 3.81. The Morgan fingerprint density at radius 2 is 2.11 bits per heavy atom. The van der Waals surface area contributed by atoms with Crippen LogP contribution in [0.1, 0.15) is 6.92 Å². The van der Waals surface area contributed by atoms with E-state index >= 15 is 0 Å². The number of rotatable bonds is 4. The van der Waals surface area contributed by atoms with Crippen LogP contribution in [0.3, 0.4) is 0 Å². The summed E-state index contributed by atoms with van der Waals surface area (Å²) in [6, 6.07) is 0. The highest BCUT2D eigenvalue weighted by molar-refractivity contribution is 7.91. The zero-order valence-corrected chi connectivity index (χ0v) is 6.15. The van der Waals surface area contributed by atoms with E-state index in [0.29, 0.717) is 0 Å². The average Bonchev–Trinajstić information content (AvgIpc) is 1.84. The molecule has 0 bridgehead atoms. The fourth-order valence-electron chi connectivity index (χ4n) is 0.319. The smallest absolute Gasteiger partial charge is 0.152 e. The monoisotopic (exact) mass is 153 g/mol. The molecule has 0 saturated carbocycles. The quantitative estimate of drug-likeness (QED) is 0.543. The van der Waals surface area contributed by atoms with Gasteiger partial charge in [0.15, 0.2) is 9.84 Å². The van der Waals surface area contributed by atoms with Crippen LogP contribution < -0.4 is 5.90 Å². The summed E-state index contributed by atoms with van der Waals surface area (Å²) in [4.78, 5) is 4.10. The van der Waals surface area contributed by atoms with E-state index in [1.807, 2.05) is 0 Å². The van der Waals surface area contributed by atoms with Gasteiger partial charge in [0.2, 0.25) is 0 Å². The van der Waals surface area contributed by atoms with Crippen molar-refractivity contribution in [2.24, 2.45) is 5.90 Å². The van der Waals surface area contributed by atoms with Gasteiger partial charge in [0.25, 0.3) is 0 Å². The lowest BCUT2D eigenvalue weighted by Gasteiger charge is -1.96. The van der Waals surface area contributed by atoms with Crippen molar-refractivity contribution in [1.82, 2.24) is 0 Å². The molecule has 5 heteroatoms. The zero-order valence-electron chi connectivity index (χ0n) is 5.33. The molecule has 0 aliphatic heterocycles. The Balaban J connectivity index is 3.61. The third-order valence-corrected chi connectivity index (χ3v) is 2.62. The summed E-state index contributed by atoms with van der Waals surface area (Å²) in [5.74, 6) is 4.79. The van der Waals surface area contributed by atoms with Crippen molar-refractivity contribution < 1.29 is 13.3 Å². The van der Waals surface area contributed by atoms with Gasteiger partial charge in [-0.25, -0.2) is 14.3 Å². The maximum atomic E-state index is 10.6. The zero-order chi connectivity index (χ0) is 7.33. The first kappa shape index (κ1) is 8.87. The summed E-state index contributed by atoms with van der Waals surface area (Å²) in [5, 5.41) is 0. The standard InChI is InChI=1S/C4H11NO3S/c1-2-9(6,7)4-3-8-5/h2-5H2,1H3. The second-order valence-corrected chi connectivity index (χ2v) is 4.08. The summed E-state index contributed by atoms with van der Waals surface area (Å²) >= 11 is 0. The van der Waals surface area contributed by atoms with Crippen LogP contribution in [0, 0.1) is 0 Å². The first-order valence-corrected chi connectivity index (χ1v) is 4.46. The Morgan fingerprint density at radius 1 is 1.56 bits per heavy atom. The minimum atomic E-state index is -2.89. The summed E-state index contributed by atoms with van der Waals surface area (Å²) in [5.41, 5.74) is 0. The number of hydrogen-bond acceptors (Lipinski definition) is 4. The molecule has 0 atom stereocenters. The van der Waals surface area contributed by atoms with Gasteiger partial charge in [0, 0.05) is 5.75 Å². The van der Waals surface area contributed by atoms with E-state index < -0.39 is 9.84 Å². The van der Waals surface area contributed by atoms with Gasteiger partial charge in [-0.1, -0.05) is 6.92 Å². The molecule has 0 aromatic carbocycles. The third-order valence-electron chi connectivity index (χ3n) is 0.952. The molecule has 0 aromatic heterocycles. The normalized spacial score (nSPS) is 11.8. The molecular formula is C4H11NO3S. The van der Waals surface area contributed by atoms with Crippen LogP contribution >= 0.6 is 0 Å². The number of sulfone groups is 1. The molecule has 2 N–H and O–H groups in total. The van der Waals surface area contributed by atoms with Gasteiger partial charge in [-0.05, 0) is 0 Å². The third kappa shape index (κ3) is 4.38. The molecule has 4 nitrogen and oxygen atoms in total. The lowest BCUT2D eigenvalue weighted by atomic mass is 10.9. The fraction of sp³-hybridized carbons (Fsp3) is 1.00. The predicted octanol–water partition coefficient (Wildman–Crippen LogP) is -0.689. The van der Waals surface area contributed by atoms with Crippen LogP contribution in [0.4, 0.5) is 0 Å². The van der Waals surface area contributed by atoms with Crippen molar-refractivity contribution in [3.05, 3.63) is 0 Å². The van der Waals surface area contributed by atoms with E-state index in [1.54, 1.807) is 6.92 Å². The summed E-state index contributed by atoms with van der Waals surface area (Å²) in [7, 11) is -2.89. The molecule has 0 aliphatic carbocycles. The largest absolute Gasteiger partial charge is 0.304 e. The number of nitrogens with two attached hydrogens (primary N) is 1. The van der Waals surface area contributed by atoms with Gasteiger partial charge >= 0.3 is 0 Å². The molecule has 9 heavy (non-hydrogen) atoms. The van der Waals surface area contributed by atoms with Gasteiger partial charge in [-0.15, -0.1) is 0 Å². The minimum Gasteiger partial charge on any atom is -0.304 e. The molecule has 0 heterocycles. The van der Waals surface area contributed by atoms with E-state index in [9.17, 15) is 8.42 Å². The van der Waals surface area contributed by atoms with Crippen molar-refractivity contribution in [1.29, 1.82) is 0 Å². The average molecular weight is 153 g/mol. The van der Waals surface area contributed by atoms with E-state index in [4.69, 9.17) is 0 Å². The Bertz CT molecular complexity index is 151. The predicted molar refractivity (Wildman–Crippen MR) is 34.5 cm³/mol. The Labute approximate surface area is 54.9 Å². The highest BCUT2D eigenvalue weighted by atomic mass is 32.2. The highest BCUT2D eigenvalue weighted by Gasteiger charge is 2.04. The fourth-order valence-corrected chi connectivity index (χ4v) is 0.958. The van der Waals surface area contributed by atoms with Crippen LogP contribution in [0.2, 0.25) is 0 Å². The van der Waals surface area contributed by atoms with Crippen molar-refractivity contribution in [2.45, 2.75) is 6.92 Å². The molecule has 0 rings (SSSR count). The highest BCUT2D eigenvalue weighted by Crippen LogP contribution is 1.86. The van der Waals surface area contributed by atoms with Gasteiger partial charge in [0.05, 0.1) is 12.4 Å². The first-order valence-electron chi connectivity index (χ1n) is 2.64. The summed E-state index contributed by atoms with van der Waals surface area (Å²) < 4.78 is 21.2. The molecule has 0 amide bonds. The summed E-state index contributed by atoms with van der Waals surface area (Å²) in [6.45, 7) is 1.67. The SMILES string of the molecule is CCS(=O)(=O)CCON. The lowest BCUT2D eigenvalue weighted by molar-refractivity contribution is 0.153. The Morgan fingerprint density at radius 3 is 2.44 bits per heavy atom. The van der Waals surface area contributed by atoms with E-state index in [2.05, 4.69) is 10.7 Å². The van der Waals surface area contributed by atoms with Crippen LogP contribution in [0.15, 0.2) is 0 Å². The molecule has 0 aromatic rings. The molecular weight excluding hydrogens is 142 g/mol. The molecule has 56 valence electrons. The van der Waals surface area contributed by atoms with Gasteiger partial charge in [0.1, 0.15) is 0 Å². The summed E-state index contributed by atoms with van der Waals surface area (Å²) in [6.07, 6.45) is 0. The Kier molecular flexibility index (Phi) is 3.76. The molecule has 0 aliphatic rings. The van der Waals surface area contributed by atoms with Crippen LogP contribution in [0.25, 0.3) is 0 Å². The van der Waals surface area contributed by atoms with E-state index in [-0.39, 0.29) is 18.1 Å². The van der Waals surface area contributed by atoms with Gasteiger partial charge in [-0.3, -0.25) is 0 Å². The van der Waals surface area contributed by atoms with E-state index in [0.717, 1.165) is 0 Å². The van der Waals surface area contributed by atoms with Crippen LogP contribution in [-0.4, -0.2) is 26.5 Å². The van der Waals surface area contributed by atoms with E-state index in [1.165, 1.54) is 0 Å². The maximum absolute atomic E-state index is 10.6. The molecule has 0 radical (unpaired) electrons. The lowest BCUT2D eigenvalue weighted by Crippen LogP contribution is -2.15. The van der Waals surface area contributed by atoms with Gasteiger partial charge < -0.3 is 4.84 Å². The molecule has 0 unspecified atom stereocenters. The number of hydrogen-bond donors (Lipinski definition) is 1. The van der Waals surface area contributed by atoms with Crippen molar-refractivity contribution in [3.63, 3.8) is 0 Å². The van der Waals surface area contributed by atoms with Crippen molar-refractivity contribution in [3.8, 4) is 0 Å². The minimum absolute atomic E-state index is 0.0139. The molecule has 0 fully saturated rings. The second-order valence-electron chi connectivity index (χ2n) is 1.61. The van der Waals surface area contributed by atoms with Crippen molar-refractivity contribution in [2.75, 3.05) is 18.1 Å². The van der Waals surface area contributed by atoms with Crippen LogP contribution in [-0.2, 0) is 14.7 Å². The maximum Gasteiger partial charge on any atom is 0.152 e. The topological polar surface area (TPSA) is 69.4 Å². The Hall–Kier alpha value is -0.130. The van der Waals surface area contributed by atoms with Crippen LogP contribution in [0.5, 0.6) is 0 Å².